The minimum Gasteiger partial charge on any atom is -0.486 e. The molecule has 142 valence electrons. The average Bonchev–Trinajstić information content (AvgIpc) is 3.09. The SMILES string of the molecule is O=C1CC2(CCCN(C(=O)c3ccc4ncsc4c3)CC2)Oc2ccccc21. The van der Waals surface area contributed by atoms with E-state index in [1.807, 2.05) is 47.4 Å². The van der Waals surface area contributed by atoms with Gasteiger partial charge < -0.3 is 9.64 Å². The van der Waals surface area contributed by atoms with Crippen molar-refractivity contribution in [2.75, 3.05) is 13.1 Å². The molecule has 0 saturated carbocycles. The largest absolute Gasteiger partial charge is 0.486 e. The second-order valence-electron chi connectivity index (χ2n) is 7.56. The van der Waals surface area contributed by atoms with Crippen molar-refractivity contribution in [3.05, 3.63) is 59.1 Å². The van der Waals surface area contributed by atoms with Gasteiger partial charge in [0, 0.05) is 25.1 Å². The van der Waals surface area contributed by atoms with Gasteiger partial charge in [0.2, 0.25) is 0 Å². The summed E-state index contributed by atoms with van der Waals surface area (Å²) >= 11 is 1.54. The Bertz CT molecular complexity index is 1080. The Morgan fingerprint density at radius 2 is 2.04 bits per heavy atom. The highest BCUT2D eigenvalue weighted by Crippen LogP contribution is 2.39. The number of fused-ring (bicyclic) bond motifs is 2. The molecule has 2 aliphatic heterocycles. The molecule has 1 saturated heterocycles. The van der Waals surface area contributed by atoms with Gasteiger partial charge >= 0.3 is 0 Å². The summed E-state index contributed by atoms with van der Waals surface area (Å²) in [5.41, 5.74) is 3.58. The lowest BCUT2D eigenvalue weighted by atomic mass is 9.84. The van der Waals surface area contributed by atoms with Crippen molar-refractivity contribution in [1.82, 2.24) is 9.88 Å². The molecule has 1 spiro atoms. The van der Waals surface area contributed by atoms with Crippen LogP contribution in [0.3, 0.4) is 0 Å². The van der Waals surface area contributed by atoms with Gasteiger partial charge in [0.15, 0.2) is 5.78 Å². The molecular formula is C22H20N2O3S. The molecule has 1 amide bonds. The number of carbonyl (C=O) groups excluding carboxylic acids is 2. The number of thiazole rings is 1. The van der Waals surface area contributed by atoms with Crippen LogP contribution in [0.4, 0.5) is 0 Å². The molecule has 0 N–H and O–H groups in total. The molecule has 1 atom stereocenters. The molecule has 0 radical (unpaired) electrons. The number of rotatable bonds is 1. The van der Waals surface area contributed by atoms with Gasteiger partial charge in [0.25, 0.3) is 5.91 Å². The average molecular weight is 392 g/mol. The number of ether oxygens (including phenoxy) is 1. The monoisotopic (exact) mass is 392 g/mol. The number of nitrogens with zero attached hydrogens (tertiary/aromatic N) is 2. The molecule has 1 unspecified atom stereocenters. The third kappa shape index (κ3) is 2.98. The minimum absolute atomic E-state index is 0.0369. The van der Waals surface area contributed by atoms with Crippen LogP contribution in [0.15, 0.2) is 48.0 Å². The lowest BCUT2D eigenvalue weighted by molar-refractivity contribution is 0.0300. The third-order valence-electron chi connectivity index (χ3n) is 5.76. The van der Waals surface area contributed by atoms with Gasteiger partial charge in [-0.05, 0) is 43.2 Å². The van der Waals surface area contributed by atoms with Crippen molar-refractivity contribution in [2.24, 2.45) is 0 Å². The molecular weight excluding hydrogens is 372 g/mol. The first kappa shape index (κ1) is 17.4. The highest BCUT2D eigenvalue weighted by molar-refractivity contribution is 7.16. The number of hydrogen-bond acceptors (Lipinski definition) is 5. The maximum absolute atomic E-state index is 13.1. The zero-order valence-electron chi connectivity index (χ0n) is 15.4. The smallest absolute Gasteiger partial charge is 0.253 e. The molecule has 28 heavy (non-hydrogen) atoms. The highest BCUT2D eigenvalue weighted by Gasteiger charge is 2.42. The van der Waals surface area contributed by atoms with Crippen LogP contribution in [-0.4, -0.2) is 40.3 Å². The molecule has 1 fully saturated rings. The molecule has 2 aromatic carbocycles. The first-order valence-corrected chi connectivity index (χ1v) is 10.5. The van der Waals surface area contributed by atoms with E-state index in [-0.39, 0.29) is 11.7 Å². The van der Waals surface area contributed by atoms with Crippen molar-refractivity contribution in [3.8, 4) is 5.75 Å². The topological polar surface area (TPSA) is 59.5 Å². The third-order valence-corrected chi connectivity index (χ3v) is 6.55. The van der Waals surface area contributed by atoms with E-state index >= 15 is 0 Å². The number of carbonyl (C=O) groups is 2. The Balaban J connectivity index is 1.35. The Morgan fingerprint density at radius 1 is 1.14 bits per heavy atom. The molecule has 5 nitrogen and oxygen atoms in total. The fourth-order valence-corrected chi connectivity index (χ4v) is 4.98. The molecule has 3 heterocycles. The Morgan fingerprint density at radius 3 is 2.96 bits per heavy atom. The van der Waals surface area contributed by atoms with Gasteiger partial charge in [-0.15, -0.1) is 11.3 Å². The number of para-hydroxylation sites is 1. The normalized spacial score (nSPS) is 22.0. The van der Waals surface area contributed by atoms with Crippen LogP contribution in [0.2, 0.25) is 0 Å². The van der Waals surface area contributed by atoms with Crippen molar-refractivity contribution in [1.29, 1.82) is 0 Å². The fourth-order valence-electron chi connectivity index (χ4n) is 4.26. The zero-order valence-corrected chi connectivity index (χ0v) is 16.2. The standard InChI is InChI=1S/C22H20N2O3S/c25-18-13-22(27-19-5-2-1-4-16(18)19)8-3-10-24(11-9-22)21(26)15-6-7-17-20(12-15)28-14-23-17/h1-2,4-7,12,14H,3,8-11,13H2. The van der Waals surface area contributed by atoms with Gasteiger partial charge in [0.1, 0.15) is 11.4 Å². The maximum Gasteiger partial charge on any atom is 0.253 e. The van der Waals surface area contributed by atoms with E-state index in [0.29, 0.717) is 42.8 Å². The van der Waals surface area contributed by atoms with Crippen LogP contribution in [0, 0.1) is 0 Å². The summed E-state index contributed by atoms with van der Waals surface area (Å²) < 4.78 is 7.35. The first-order chi connectivity index (χ1) is 13.6. The van der Waals surface area contributed by atoms with E-state index in [0.717, 1.165) is 23.1 Å². The predicted molar refractivity (Wildman–Crippen MR) is 108 cm³/mol. The van der Waals surface area contributed by atoms with Gasteiger partial charge in [-0.2, -0.15) is 0 Å². The maximum atomic E-state index is 13.1. The van der Waals surface area contributed by atoms with E-state index < -0.39 is 5.60 Å². The number of ketones is 1. The molecule has 2 aliphatic rings. The van der Waals surface area contributed by atoms with Crippen molar-refractivity contribution in [2.45, 2.75) is 31.3 Å². The second-order valence-corrected chi connectivity index (χ2v) is 8.45. The fraction of sp³-hybridized carbons (Fsp3) is 0.318. The van der Waals surface area contributed by atoms with Gasteiger partial charge in [-0.3, -0.25) is 9.59 Å². The number of aromatic nitrogens is 1. The highest BCUT2D eigenvalue weighted by atomic mass is 32.1. The summed E-state index contributed by atoms with van der Waals surface area (Å²) in [6.07, 6.45) is 2.66. The number of amides is 1. The summed E-state index contributed by atoms with van der Waals surface area (Å²) in [4.78, 5) is 31.9. The lowest BCUT2D eigenvalue weighted by Gasteiger charge is -2.37. The van der Waals surface area contributed by atoms with E-state index in [9.17, 15) is 9.59 Å². The molecule has 0 bridgehead atoms. The summed E-state index contributed by atoms with van der Waals surface area (Å²) in [6.45, 7) is 1.27. The van der Waals surface area contributed by atoms with Crippen LogP contribution in [-0.2, 0) is 0 Å². The molecule has 3 aromatic rings. The number of hydrogen-bond donors (Lipinski definition) is 0. The first-order valence-electron chi connectivity index (χ1n) is 9.57. The zero-order chi connectivity index (χ0) is 19.1. The summed E-state index contributed by atoms with van der Waals surface area (Å²) in [5.74, 6) is 0.848. The van der Waals surface area contributed by atoms with Crippen LogP contribution in [0.25, 0.3) is 10.2 Å². The van der Waals surface area contributed by atoms with E-state index in [1.165, 1.54) is 0 Å². The van der Waals surface area contributed by atoms with Gasteiger partial charge in [-0.1, -0.05) is 12.1 Å². The molecule has 1 aromatic heterocycles. The van der Waals surface area contributed by atoms with Crippen LogP contribution < -0.4 is 4.74 Å². The van der Waals surface area contributed by atoms with Crippen LogP contribution in [0.5, 0.6) is 5.75 Å². The molecule has 6 heteroatoms. The summed E-state index contributed by atoms with van der Waals surface area (Å²) in [7, 11) is 0. The molecule has 0 aliphatic carbocycles. The second kappa shape index (κ2) is 6.71. The quantitative estimate of drug-likeness (QED) is 0.619. The Labute approximate surface area is 166 Å². The van der Waals surface area contributed by atoms with E-state index in [4.69, 9.17) is 4.74 Å². The van der Waals surface area contributed by atoms with Crippen LogP contribution >= 0.6 is 11.3 Å². The van der Waals surface area contributed by atoms with Crippen molar-refractivity contribution >= 4 is 33.2 Å². The van der Waals surface area contributed by atoms with Gasteiger partial charge in [0.05, 0.1) is 27.7 Å². The summed E-state index contributed by atoms with van der Waals surface area (Å²) in [6, 6.07) is 13.1. The number of benzene rings is 2. The number of likely N-dealkylation sites (tertiary alicyclic amines) is 1. The van der Waals surface area contributed by atoms with E-state index in [2.05, 4.69) is 4.98 Å². The summed E-state index contributed by atoms with van der Waals surface area (Å²) in [5, 5.41) is 0. The Kier molecular flexibility index (Phi) is 4.16. The minimum atomic E-state index is -0.498. The lowest BCUT2D eigenvalue weighted by Crippen LogP contribution is -2.43. The van der Waals surface area contributed by atoms with E-state index in [1.54, 1.807) is 16.8 Å². The van der Waals surface area contributed by atoms with Crippen molar-refractivity contribution < 1.29 is 14.3 Å². The van der Waals surface area contributed by atoms with Crippen LogP contribution in [0.1, 0.15) is 46.4 Å². The van der Waals surface area contributed by atoms with Crippen molar-refractivity contribution in [3.63, 3.8) is 0 Å². The number of Topliss-reactive ketones (excluding diaryl/α,β-unsaturated/α-hetero) is 1. The molecule has 5 rings (SSSR count). The predicted octanol–water partition coefficient (Wildman–Crippen LogP) is 4.33. The Hall–Kier alpha value is -2.73. The van der Waals surface area contributed by atoms with Gasteiger partial charge in [-0.25, -0.2) is 4.98 Å².